The highest BCUT2D eigenvalue weighted by Gasteiger charge is 2.07. The Balaban J connectivity index is 1.89. The highest BCUT2D eigenvalue weighted by molar-refractivity contribution is 5.29. The number of rotatable bonds is 6. The molecule has 0 saturated carbocycles. The molecule has 1 atom stereocenters. The van der Waals surface area contributed by atoms with E-state index >= 15 is 0 Å². The first-order valence-electron chi connectivity index (χ1n) is 7.04. The molecule has 0 aliphatic heterocycles. The molecule has 0 radical (unpaired) electrons. The number of aryl methyl sites for hydroxylation is 2. The standard InChI is InChI=1S/C18H22O2/c1-14-6-3-4-8-16(14)10-11-17(19)12-15-7-5-9-18(13-15)20-2/h3-9,13,17,19H,10-12H2,1-2H3. The van der Waals surface area contributed by atoms with Gasteiger partial charge >= 0.3 is 0 Å². The maximum absolute atomic E-state index is 10.2. The van der Waals surface area contributed by atoms with Crippen LogP contribution in [0.3, 0.4) is 0 Å². The lowest BCUT2D eigenvalue weighted by Crippen LogP contribution is -2.12. The Bertz CT molecular complexity index is 549. The Labute approximate surface area is 121 Å². The first-order chi connectivity index (χ1) is 9.69. The number of hydrogen-bond acceptors (Lipinski definition) is 2. The van der Waals surface area contributed by atoms with E-state index in [0.717, 1.165) is 24.2 Å². The van der Waals surface area contributed by atoms with E-state index in [1.807, 2.05) is 30.3 Å². The van der Waals surface area contributed by atoms with Crippen LogP contribution in [-0.2, 0) is 12.8 Å². The number of ether oxygens (including phenoxy) is 1. The Hall–Kier alpha value is -1.80. The van der Waals surface area contributed by atoms with Gasteiger partial charge in [-0.05, 0) is 55.0 Å². The lowest BCUT2D eigenvalue weighted by atomic mass is 9.99. The zero-order valence-corrected chi connectivity index (χ0v) is 12.2. The van der Waals surface area contributed by atoms with Crippen molar-refractivity contribution >= 4 is 0 Å². The van der Waals surface area contributed by atoms with Crippen LogP contribution < -0.4 is 4.74 Å². The molecule has 0 bridgehead atoms. The maximum atomic E-state index is 10.2. The van der Waals surface area contributed by atoms with Crippen molar-refractivity contribution in [1.29, 1.82) is 0 Å². The summed E-state index contributed by atoms with van der Waals surface area (Å²) in [7, 11) is 1.66. The zero-order chi connectivity index (χ0) is 14.4. The molecule has 0 aromatic heterocycles. The van der Waals surface area contributed by atoms with E-state index in [1.165, 1.54) is 11.1 Å². The van der Waals surface area contributed by atoms with E-state index in [4.69, 9.17) is 4.74 Å². The van der Waals surface area contributed by atoms with Crippen molar-refractivity contribution in [1.82, 2.24) is 0 Å². The third kappa shape index (κ3) is 4.10. The van der Waals surface area contributed by atoms with E-state index in [0.29, 0.717) is 6.42 Å². The highest BCUT2D eigenvalue weighted by atomic mass is 16.5. The first-order valence-corrected chi connectivity index (χ1v) is 7.04. The number of hydrogen-bond donors (Lipinski definition) is 1. The molecule has 0 aliphatic carbocycles. The first kappa shape index (κ1) is 14.6. The molecule has 2 rings (SSSR count). The van der Waals surface area contributed by atoms with Crippen LogP contribution in [0.4, 0.5) is 0 Å². The second-order valence-electron chi connectivity index (χ2n) is 5.17. The Morgan fingerprint density at radius 1 is 1.10 bits per heavy atom. The minimum Gasteiger partial charge on any atom is -0.497 e. The van der Waals surface area contributed by atoms with Crippen molar-refractivity contribution in [2.24, 2.45) is 0 Å². The summed E-state index contributed by atoms with van der Waals surface area (Å²) in [6, 6.07) is 16.2. The summed E-state index contributed by atoms with van der Waals surface area (Å²) in [6.07, 6.45) is 2.05. The van der Waals surface area contributed by atoms with Crippen molar-refractivity contribution in [2.75, 3.05) is 7.11 Å². The van der Waals surface area contributed by atoms with Gasteiger partial charge in [0.2, 0.25) is 0 Å². The lowest BCUT2D eigenvalue weighted by Gasteiger charge is -2.12. The molecule has 0 amide bonds. The molecule has 2 heteroatoms. The third-order valence-electron chi connectivity index (χ3n) is 3.61. The summed E-state index contributed by atoms with van der Waals surface area (Å²) in [5.74, 6) is 0.841. The molecule has 0 aliphatic rings. The fraction of sp³-hybridized carbons (Fsp3) is 0.333. The molecule has 2 nitrogen and oxygen atoms in total. The van der Waals surface area contributed by atoms with Crippen molar-refractivity contribution in [3.8, 4) is 5.75 Å². The molecule has 0 heterocycles. The van der Waals surface area contributed by atoms with Gasteiger partial charge in [-0.3, -0.25) is 0 Å². The molecular weight excluding hydrogens is 248 g/mol. The van der Waals surface area contributed by atoms with Crippen LogP contribution in [0.1, 0.15) is 23.1 Å². The summed E-state index contributed by atoms with van der Waals surface area (Å²) in [5, 5.41) is 10.2. The average Bonchev–Trinajstić information content (AvgIpc) is 2.46. The van der Waals surface area contributed by atoms with Crippen LogP contribution in [0, 0.1) is 6.92 Å². The van der Waals surface area contributed by atoms with Gasteiger partial charge in [0.1, 0.15) is 5.75 Å². The van der Waals surface area contributed by atoms with E-state index in [2.05, 4.69) is 25.1 Å². The number of aliphatic hydroxyl groups excluding tert-OH is 1. The summed E-state index contributed by atoms with van der Waals surface area (Å²) >= 11 is 0. The number of benzene rings is 2. The summed E-state index contributed by atoms with van der Waals surface area (Å²) in [6.45, 7) is 2.11. The van der Waals surface area contributed by atoms with Gasteiger partial charge in [0, 0.05) is 0 Å². The van der Waals surface area contributed by atoms with Crippen LogP contribution in [0.15, 0.2) is 48.5 Å². The monoisotopic (exact) mass is 270 g/mol. The molecular formula is C18H22O2. The fourth-order valence-corrected chi connectivity index (χ4v) is 2.39. The molecule has 2 aromatic rings. The second-order valence-corrected chi connectivity index (χ2v) is 5.17. The molecule has 20 heavy (non-hydrogen) atoms. The van der Waals surface area contributed by atoms with E-state index < -0.39 is 0 Å². The Kier molecular flexibility index (Phi) is 5.19. The van der Waals surface area contributed by atoms with Crippen LogP contribution >= 0.6 is 0 Å². The molecule has 0 fully saturated rings. The second kappa shape index (κ2) is 7.11. The van der Waals surface area contributed by atoms with Crippen LogP contribution in [0.25, 0.3) is 0 Å². The van der Waals surface area contributed by atoms with Crippen LogP contribution in [0.2, 0.25) is 0 Å². The van der Waals surface area contributed by atoms with E-state index in [9.17, 15) is 5.11 Å². The van der Waals surface area contributed by atoms with Crippen LogP contribution in [0.5, 0.6) is 5.75 Å². The smallest absolute Gasteiger partial charge is 0.119 e. The minimum atomic E-state index is -0.318. The van der Waals surface area contributed by atoms with E-state index in [-0.39, 0.29) is 6.10 Å². The van der Waals surface area contributed by atoms with Gasteiger partial charge in [-0.2, -0.15) is 0 Å². The number of methoxy groups -OCH3 is 1. The topological polar surface area (TPSA) is 29.5 Å². The summed E-state index contributed by atoms with van der Waals surface area (Å²) < 4.78 is 5.20. The average molecular weight is 270 g/mol. The zero-order valence-electron chi connectivity index (χ0n) is 12.2. The summed E-state index contributed by atoms with van der Waals surface area (Å²) in [5.41, 5.74) is 3.72. The van der Waals surface area contributed by atoms with Crippen LogP contribution in [-0.4, -0.2) is 18.3 Å². The van der Waals surface area contributed by atoms with Gasteiger partial charge in [-0.25, -0.2) is 0 Å². The van der Waals surface area contributed by atoms with Crippen molar-refractivity contribution < 1.29 is 9.84 Å². The van der Waals surface area contributed by atoms with Gasteiger partial charge in [0.05, 0.1) is 13.2 Å². The van der Waals surface area contributed by atoms with Gasteiger partial charge in [-0.15, -0.1) is 0 Å². The molecule has 0 spiro atoms. The normalized spacial score (nSPS) is 12.2. The lowest BCUT2D eigenvalue weighted by molar-refractivity contribution is 0.165. The molecule has 1 N–H and O–H groups in total. The molecule has 106 valence electrons. The van der Waals surface area contributed by atoms with Crippen molar-refractivity contribution in [2.45, 2.75) is 32.3 Å². The van der Waals surface area contributed by atoms with E-state index in [1.54, 1.807) is 7.11 Å². The summed E-state index contributed by atoms with van der Waals surface area (Å²) in [4.78, 5) is 0. The Morgan fingerprint density at radius 3 is 2.65 bits per heavy atom. The quantitative estimate of drug-likeness (QED) is 0.870. The van der Waals surface area contributed by atoms with Gasteiger partial charge in [0.15, 0.2) is 0 Å². The highest BCUT2D eigenvalue weighted by Crippen LogP contribution is 2.16. The minimum absolute atomic E-state index is 0.318. The molecule has 1 unspecified atom stereocenters. The van der Waals surface area contributed by atoms with Gasteiger partial charge < -0.3 is 9.84 Å². The fourth-order valence-electron chi connectivity index (χ4n) is 2.39. The molecule has 2 aromatic carbocycles. The Morgan fingerprint density at radius 2 is 1.90 bits per heavy atom. The van der Waals surface area contributed by atoms with Gasteiger partial charge in [0.25, 0.3) is 0 Å². The SMILES string of the molecule is COc1cccc(CC(O)CCc2ccccc2C)c1. The predicted molar refractivity (Wildman–Crippen MR) is 82.2 cm³/mol. The molecule has 0 saturated heterocycles. The predicted octanol–water partition coefficient (Wildman–Crippen LogP) is 3.54. The number of aliphatic hydroxyl groups is 1. The third-order valence-corrected chi connectivity index (χ3v) is 3.61. The van der Waals surface area contributed by atoms with Crippen molar-refractivity contribution in [3.63, 3.8) is 0 Å². The van der Waals surface area contributed by atoms with Gasteiger partial charge in [-0.1, -0.05) is 36.4 Å². The maximum Gasteiger partial charge on any atom is 0.119 e. The van der Waals surface area contributed by atoms with Crippen molar-refractivity contribution in [3.05, 3.63) is 65.2 Å². The largest absolute Gasteiger partial charge is 0.497 e.